The fourth-order valence-electron chi connectivity index (χ4n) is 2.00. The number of esters is 1. The van der Waals surface area contributed by atoms with Crippen molar-refractivity contribution in [3.63, 3.8) is 0 Å². The highest BCUT2D eigenvalue weighted by Gasteiger charge is 2.33. The molecule has 0 aromatic carbocycles. The van der Waals surface area contributed by atoms with E-state index in [0.717, 1.165) is 6.42 Å². The van der Waals surface area contributed by atoms with Gasteiger partial charge in [-0.1, -0.05) is 6.92 Å². The first-order valence-electron chi connectivity index (χ1n) is 5.61. The van der Waals surface area contributed by atoms with Crippen molar-refractivity contribution in [2.45, 2.75) is 25.6 Å². The van der Waals surface area contributed by atoms with E-state index in [4.69, 9.17) is 9.15 Å². The second kappa shape index (κ2) is 4.89. The van der Waals surface area contributed by atoms with Crippen LogP contribution in [0.15, 0.2) is 16.5 Å². The number of ether oxygens (including phenoxy) is 2. The number of aliphatic hydroxyl groups is 1. The SMILES string of the molecule is COC(=O)c1ccc(C(O)C2OCCC2C)o1. The van der Waals surface area contributed by atoms with Crippen LogP contribution in [0, 0.1) is 5.92 Å². The number of rotatable bonds is 3. The first-order valence-corrected chi connectivity index (χ1v) is 5.61. The average Bonchev–Trinajstić information content (AvgIpc) is 2.95. The van der Waals surface area contributed by atoms with Gasteiger partial charge in [-0.3, -0.25) is 0 Å². The van der Waals surface area contributed by atoms with Crippen LogP contribution in [0.25, 0.3) is 0 Å². The van der Waals surface area contributed by atoms with Gasteiger partial charge < -0.3 is 19.0 Å². The number of furan rings is 1. The Balaban J connectivity index is 2.11. The van der Waals surface area contributed by atoms with E-state index in [1.165, 1.54) is 13.2 Å². The van der Waals surface area contributed by atoms with E-state index >= 15 is 0 Å². The minimum atomic E-state index is -0.842. The molecule has 3 unspecified atom stereocenters. The van der Waals surface area contributed by atoms with Gasteiger partial charge in [0.1, 0.15) is 11.9 Å². The van der Waals surface area contributed by atoms with Gasteiger partial charge in [0.15, 0.2) is 0 Å². The summed E-state index contributed by atoms with van der Waals surface area (Å²) < 4.78 is 15.2. The van der Waals surface area contributed by atoms with Crippen LogP contribution in [-0.2, 0) is 9.47 Å². The van der Waals surface area contributed by atoms with E-state index in [1.807, 2.05) is 6.92 Å². The quantitative estimate of drug-likeness (QED) is 0.811. The summed E-state index contributed by atoms with van der Waals surface area (Å²) in [5, 5.41) is 10.1. The van der Waals surface area contributed by atoms with E-state index < -0.39 is 12.1 Å². The normalized spacial score (nSPS) is 25.8. The van der Waals surface area contributed by atoms with Crippen LogP contribution >= 0.6 is 0 Å². The van der Waals surface area contributed by atoms with E-state index in [9.17, 15) is 9.90 Å². The molecule has 0 spiro atoms. The summed E-state index contributed by atoms with van der Waals surface area (Å²) in [6, 6.07) is 3.06. The molecule has 94 valence electrons. The second-order valence-electron chi connectivity index (χ2n) is 4.24. The highest BCUT2D eigenvalue weighted by Crippen LogP contribution is 2.31. The Hall–Kier alpha value is -1.33. The lowest BCUT2D eigenvalue weighted by atomic mass is 9.98. The summed E-state index contributed by atoms with van der Waals surface area (Å²) in [5.41, 5.74) is 0. The smallest absolute Gasteiger partial charge is 0.373 e. The van der Waals surface area contributed by atoms with Crippen LogP contribution < -0.4 is 0 Å². The number of hydrogen-bond acceptors (Lipinski definition) is 5. The Morgan fingerprint density at radius 2 is 2.35 bits per heavy atom. The van der Waals surface area contributed by atoms with Crippen LogP contribution in [0.3, 0.4) is 0 Å². The highest BCUT2D eigenvalue weighted by molar-refractivity contribution is 5.86. The molecule has 1 aliphatic heterocycles. The summed E-state index contributed by atoms with van der Waals surface area (Å²) in [5.74, 6) is 0.150. The van der Waals surface area contributed by atoms with Gasteiger partial charge >= 0.3 is 5.97 Å². The Morgan fingerprint density at radius 3 is 2.94 bits per heavy atom. The first kappa shape index (κ1) is 12.1. The molecule has 0 bridgehead atoms. The molecule has 17 heavy (non-hydrogen) atoms. The van der Waals surface area contributed by atoms with Crippen molar-refractivity contribution in [2.75, 3.05) is 13.7 Å². The molecule has 2 heterocycles. The molecule has 1 aliphatic rings. The van der Waals surface area contributed by atoms with Crippen LogP contribution in [0.2, 0.25) is 0 Å². The van der Waals surface area contributed by atoms with Crippen molar-refractivity contribution in [3.05, 3.63) is 23.7 Å². The number of aliphatic hydroxyl groups excluding tert-OH is 1. The molecule has 2 rings (SSSR count). The fourth-order valence-corrected chi connectivity index (χ4v) is 2.00. The molecule has 1 aromatic rings. The molecule has 5 heteroatoms. The van der Waals surface area contributed by atoms with Crippen molar-refractivity contribution in [2.24, 2.45) is 5.92 Å². The zero-order valence-electron chi connectivity index (χ0n) is 9.88. The Labute approximate surface area is 99.3 Å². The molecular weight excluding hydrogens is 224 g/mol. The van der Waals surface area contributed by atoms with E-state index in [0.29, 0.717) is 12.4 Å². The maximum atomic E-state index is 11.2. The van der Waals surface area contributed by atoms with Gasteiger partial charge in [-0.15, -0.1) is 0 Å². The fraction of sp³-hybridized carbons (Fsp3) is 0.583. The molecule has 1 aromatic heterocycles. The van der Waals surface area contributed by atoms with E-state index in [-0.39, 0.29) is 17.8 Å². The minimum absolute atomic E-state index is 0.0900. The number of carbonyl (C=O) groups is 1. The lowest BCUT2D eigenvalue weighted by Crippen LogP contribution is -2.22. The van der Waals surface area contributed by atoms with Gasteiger partial charge in [0, 0.05) is 6.61 Å². The Bertz CT molecular complexity index is 397. The monoisotopic (exact) mass is 240 g/mol. The lowest BCUT2D eigenvalue weighted by molar-refractivity contribution is -0.0282. The molecule has 0 aliphatic carbocycles. The van der Waals surface area contributed by atoms with Crippen molar-refractivity contribution in [3.8, 4) is 0 Å². The van der Waals surface area contributed by atoms with Gasteiger partial charge in [0.25, 0.3) is 0 Å². The molecule has 0 amide bonds. The summed E-state index contributed by atoms with van der Waals surface area (Å²) in [6.07, 6.45) is -0.190. The average molecular weight is 240 g/mol. The maximum Gasteiger partial charge on any atom is 0.373 e. The molecule has 1 saturated heterocycles. The van der Waals surface area contributed by atoms with E-state index in [2.05, 4.69) is 4.74 Å². The molecule has 1 fully saturated rings. The van der Waals surface area contributed by atoms with Gasteiger partial charge in [-0.25, -0.2) is 4.79 Å². The van der Waals surface area contributed by atoms with Gasteiger partial charge in [-0.2, -0.15) is 0 Å². The van der Waals surface area contributed by atoms with Crippen molar-refractivity contribution < 1.29 is 23.8 Å². The topological polar surface area (TPSA) is 68.9 Å². The third-order valence-electron chi connectivity index (χ3n) is 3.06. The zero-order chi connectivity index (χ0) is 12.4. The standard InChI is InChI=1S/C12H16O5/c1-7-5-6-16-11(7)10(13)8-3-4-9(17-8)12(14)15-2/h3-4,7,10-11,13H,5-6H2,1-2H3. The second-order valence-corrected chi connectivity index (χ2v) is 4.24. The van der Waals surface area contributed by atoms with E-state index in [1.54, 1.807) is 6.07 Å². The Morgan fingerprint density at radius 1 is 1.59 bits per heavy atom. The molecule has 1 N–H and O–H groups in total. The highest BCUT2D eigenvalue weighted by atomic mass is 16.5. The molecule has 0 radical (unpaired) electrons. The summed E-state index contributed by atoms with van der Waals surface area (Å²) in [6.45, 7) is 2.67. The van der Waals surface area contributed by atoms with Crippen LogP contribution in [0.4, 0.5) is 0 Å². The van der Waals surface area contributed by atoms with Gasteiger partial charge in [-0.05, 0) is 24.5 Å². The van der Waals surface area contributed by atoms with Crippen molar-refractivity contribution >= 4 is 5.97 Å². The predicted molar refractivity (Wildman–Crippen MR) is 58.5 cm³/mol. The zero-order valence-corrected chi connectivity index (χ0v) is 9.88. The summed E-state index contributed by atoms with van der Waals surface area (Å²) >= 11 is 0. The largest absolute Gasteiger partial charge is 0.463 e. The third-order valence-corrected chi connectivity index (χ3v) is 3.06. The number of hydrogen-bond donors (Lipinski definition) is 1. The molecule has 3 atom stereocenters. The van der Waals surface area contributed by atoms with Crippen molar-refractivity contribution in [1.29, 1.82) is 0 Å². The van der Waals surface area contributed by atoms with Crippen LogP contribution in [0.5, 0.6) is 0 Å². The third kappa shape index (κ3) is 2.35. The van der Waals surface area contributed by atoms with Gasteiger partial charge in [0.05, 0.1) is 13.2 Å². The number of carbonyl (C=O) groups excluding carboxylic acids is 1. The Kier molecular flexibility index (Phi) is 3.49. The number of methoxy groups -OCH3 is 1. The molecular formula is C12H16O5. The summed E-state index contributed by atoms with van der Waals surface area (Å²) in [7, 11) is 1.28. The van der Waals surface area contributed by atoms with Crippen LogP contribution in [0.1, 0.15) is 35.8 Å². The predicted octanol–water partition coefficient (Wildman–Crippen LogP) is 1.52. The minimum Gasteiger partial charge on any atom is -0.463 e. The van der Waals surface area contributed by atoms with Gasteiger partial charge in [0.2, 0.25) is 5.76 Å². The molecule has 5 nitrogen and oxygen atoms in total. The lowest BCUT2D eigenvalue weighted by Gasteiger charge is -2.19. The first-order chi connectivity index (χ1) is 8.13. The maximum absolute atomic E-state index is 11.2. The summed E-state index contributed by atoms with van der Waals surface area (Å²) in [4.78, 5) is 11.2. The van der Waals surface area contributed by atoms with Crippen LogP contribution in [-0.4, -0.2) is 30.9 Å². The van der Waals surface area contributed by atoms with Crippen molar-refractivity contribution in [1.82, 2.24) is 0 Å². The molecule has 0 saturated carbocycles.